The van der Waals surface area contributed by atoms with E-state index in [0.717, 1.165) is 0 Å². The van der Waals surface area contributed by atoms with Gasteiger partial charge >= 0.3 is 59.1 Å². The Hall–Kier alpha value is 2.26. The zero-order valence-corrected chi connectivity index (χ0v) is 11.2. The minimum absolute atomic E-state index is 0. The first-order chi connectivity index (χ1) is 3.06. The van der Waals surface area contributed by atoms with Crippen molar-refractivity contribution in [2.75, 3.05) is 11.5 Å². The third-order valence-electron chi connectivity index (χ3n) is 0.341. The third-order valence-corrected chi connectivity index (χ3v) is 1.57. The van der Waals surface area contributed by atoms with Gasteiger partial charge in [0.2, 0.25) is 0 Å². The van der Waals surface area contributed by atoms with E-state index in [1.807, 2.05) is 0 Å². The van der Waals surface area contributed by atoms with E-state index in [4.69, 9.17) is 0 Å². The second kappa shape index (κ2) is 8.36. The van der Waals surface area contributed by atoms with Crippen molar-refractivity contribution in [1.82, 2.24) is 0 Å². The smallest absolute Gasteiger partial charge is 1.00 e. The molecule has 9 heavy (non-hydrogen) atoms. The van der Waals surface area contributed by atoms with E-state index >= 15 is 0 Å². The minimum atomic E-state index is -4.00. The van der Waals surface area contributed by atoms with Crippen molar-refractivity contribution in [3.05, 3.63) is 0 Å². The van der Waals surface area contributed by atoms with Gasteiger partial charge in [-0.25, -0.2) is 8.42 Å². The molecule has 0 atom stereocenters. The van der Waals surface area contributed by atoms with Crippen molar-refractivity contribution < 1.29 is 73.5 Å². The summed E-state index contributed by atoms with van der Waals surface area (Å²) < 4.78 is 28.9. The summed E-state index contributed by atoms with van der Waals surface area (Å²) in [7, 11) is -4.00. The molecule has 46 valence electrons. The molecule has 0 amide bonds. The van der Waals surface area contributed by atoms with Crippen LogP contribution in [0.2, 0.25) is 0 Å². The quantitative estimate of drug-likeness (QED) is 0.266. The van der Waals surface area contributed by atoms with Gasteiger partial charge in [-0.2, -0.15) is 12.6 Å². The maximum atomic E-state index is 9.63. The summed E-state index contributed by atoms with van der Waals surface area (Å²) in [5, 5.41) is 0. The summed E-state index contributed by atoms with van der Waals surface area (Å²) in [5.41, 5.74) is 0. The molecule has 0 saturated heterocycles. The molecule has 0 rings (SSSR count). The normalized spacial score (nSPS) is 9.11. The SMILES string of the molecule is O=S(=O)([O-])CCS.[H-].[Na+].[Na+]. The zero-order valence-electron chi connectivity index (χ0n) is 6.49. The molecule has 3 nitrogen and oxygen atoms in total. The molecule has 0 aromatic heterocycles. The van der Waals surface area contributed by atoms with Crippen LogP contribution in [0.1, 0.15) is 1.43 Å². The molecule has 0 unspecified atom stereocenters. The van der Waals surface area contributed by atoms with Gasteiger partial charge in [0.15, 0.2) is 0 Å². The van der Waals surface area contributed by atoms with Gasteiger partial charge < -0.3 is 5.98 Å². The van der Waals surface area contributed by atoms with Crippen LogP contribution in [-0.2, 0) is 10.1 Å². The van der Waals surface area contributed by atoms with Gasteiger partial charge in [0.05, 0.1) is 10.1 Å². The van der Waals surface area contributed by atoms with Crippen LogP contribution in [0.4, 0.5) is 0 Å². The van der Waals surface area contributed by atoms with E-state index in [1.165, 1.54) is 0 Å². The predicted molar refractivity (Wildman–Crippen MR) is 29.5 cm³/mol. The molecule has 0 bridgehead atoms. The Morgan fingerprint density at radius 1 is 1.44 bits per heavy atom. The van der Waals surface area contributed by atoms with Crippen LogP contribution in [0.5, 0.6) is 0 Å². The van der Waals surface area contributed by atoms with Crippen LogP contribution in [0.25, 0.3) is 0 Å². The number of thiol groups is 1. The Morgan fingerprint density at radius 2 is 1.78 bits per heavy atom. The van der Waals surface area contributed by atoms with Gasteiger partial charge in [0.25, 0.3) is 0 Å². The molecule has 0 spiro atoms. The van der Waals surface area contributed by atoms with E-state index < -0.39 is 10.1 Å². The molecule has 0 N–H and O–H groups in total. The summed E-state index contributed by atoms with van der Waals surface area (Å²) in [6, 6.07) is 0. The predicted octanol–water partition coefficient (Wildman–Crippen LogP) is -6.42. The van der Waals surface area contributed by atoms with Crippen molar-refractivity contribution in [3.63, 3.8) is 0 Å². The van der Waals surface area contributed by atoms with Gasteiger partial charge in [-0.05, 0) is 0 Å². The first-order valence-corrected chi connectivity index (χ1v) is 3.81. The van der Waals surface area contributed by atoms with Crippen LogP contribution in [0.15, 0.2) is 0 Å². The molecule has 0 aromatic carbocycles. The monoisotopic (exact) mass is 188 g/mol. The zero-order chi connectivity index (χ0) is 5.91. The molecule has 0 radical (unpaired) electrons. The number of hydrogen-bond donors (Lipinski definition) is 1. The van der Waals surface area contributed by atoms with E-state index in [1.54, 1.807) is 0 Å². The van der Waals surface area contributed by atoms with Gasteiger partial charge in [0.1, 0.15) is 0 Å². The molecular weight excluding hydrogens is 182 g/mol. The van der Waals surface area contributed by atoms with E-state index in [0.29, 0.717) is 0 Å². The molecule has 0 saturated carbocycles. The van der Waals surface area contributed by atoms with E-state index in [9.17, 15) is 13.0 Å². The van der Waals surface area contributed by atoms with Gasteiger partial charge in [-0.3, -0.25) is 0 Å². The maximum absolute atomic E-state index is 9.63. The fourth-order valence-electron chi connectivity index (χ4n) is 0.112. The second-order valence-corrected chi connectivity index (χ2v) is 2.96. The van der Waals surface area contributed by atoms with Crippen molar-refractivity contribution in [1.29, 1.82) is 0 Å². The summed E-state index contributed by atoms with van der Waals surface area (Å²) in [4.78, 5) is 0. The van der Waals surface area contributed by atoms with Crippen molar-refractivity contribution in [3.8, 4) is 0 Å². The fourth-order valence-corrected chi connectivity index (χ4v) is 1.01. The molecule has 0 aliphatic carbocycles. The maximum Gasteiger partial charge on any atom is 1.00 e. The van der Waals surface area contributed by atoms with Crippen molar-refractivity contribution >= 4 is 22.7 Å². The third kappa shape index (κ3) is 17.9. The summed E-state index contributed by atoms with van der Waals surface area (Å²) in [6.07, 6.45) is 0. The minimum Gasteiger partial charge on any atom is -1.00 e. The standard InChI is InChI=1S/C2H6O3S2.2Na.H/c3-7(4,5)2-1-6;;;/h6H,1-2H2,(H,3,4,5);;;/q;2*+1;-1/p-1. The van der Waals surface area contributed by atoms with Crippen LogP contribution in [-0.4, -0.2) is 24.5 Å². The molecule has 0 aliphatic rings. The Bertz CT molecular complexity index is 135. The fraction of sp³-hybridized carbons (Fsp3) is 1.00. The molecule has 0 fully saturated rings. The number of rotatable bonds is 2. The second-order valence-electron chi connectivity index (χ2n) is 0.985. The topological polar surface area (TPSA) is 57.2 Å². The summed E-state index contributed by atoms with van der Waals surface area (Å²) in [6.45, 7) is 0. The van der Waals surface area contributed by atoms with Crippen LogP contribution < -0.4 is 59.1 Å². The average molecular weight is 188 g/mol. The van der Waals surface area contributed by atoms with Crippen molar-refractivity contribution in [2.24, 2.45) is 0 Å². The van der Waals surface area contributed by atoms with Crippen LogP contribution in [0.3, 0.4) is 0 Å². The van der Waals surface area contributed by atoms with Gasteiger partial charge in [-0.1, -0.05) is 0 Å². The van der Waals surface area contributed by atoms with E-state index in [-0.39, 0.29) is 72.0 Å². The Morgan fingerprint density at radius 3 is 1.78 bits per heavy atom. The van der Waals surface area contributed by atoms with Crippen LogP contribution in [0, 0.1) is 0 Å². The average Bonchev–Trinajstić information content (AvgIpc) is 1.30. The van der Waals surface area contributed by atoms with Crippen LogP contribution >= 0.6 is 12.6 Å². The Kier molecular flexibility index (Phi) is 16.1. The molecule has 7 heteroatoms. The molecule has 0 heterocycles. The van der Waals surface area contributed by atoms with Gasteiger partial charge in [-0.15, -0.1) is 0 Å². The first kappa shape index (κ1) is 17.4. The summed E-state index contributed by atoms with van der Waals surface area (Å²) in [5.74, 6) is -0.276. The van der Waals surface area contributed by atoms with Gasteiger partial charge in [0, 0.05) is 11.5 Å². The molecule has 0 aliphatic heterocycles. The van der Waals surface area contributed by atoms with Crippen molar-refractivity contribution in [2.45, 2.75) is 0 Å². The Labute approximate surface area is 106 Å². The largest absolute Gasteiger partial charge is 1.00 e. The number of hydrogen-bond acceptors (Lipinski definition) is 4. The Balaban J connectivity index is -0.0000000600. The molecule has 0 aromatic rings. The van der Waals surface area contributed by atoms with E-state index in [2.05, 4.69) is 12.6 Å². The summed E-state index contributed by atoms with van der Waals surface area (Å²) >= 11 is 3.53. The molecular formula is C2H6Na2O3S2. The first-order valence-electron chi connectivity index (χ1n) is 1.60.